The van der Waals surface area contributed by atoms with Gasteiger partial charge in [0, 0.05) is 0 Å². The molecule has 0 heterocycles. The molecule has 4 heteroatoms. The van der Waals surface area contributed by atoms with Crippen molar-refractivity contribution in [3.63, 3.8) is 0 Å². The minimum absolute atomic E-state index is 0.0733. The molecule has 0 aromatic carbocycles. The molecule has 1 atom stereocenters. The Labute approximate surface area is 204 Å². The van der Waals surface area contributed by atoms with Crippen LogP contribution >= 0.6 is 0 Å². The Balaban J connectivity index is 3.44. The number of rotatable bonds is 25. The van der Waals surface area contributed by atoms with Crippen LogP contribution in [-0.2, 0) is 14.3 Å². The number of aliphatic carboxylic acids is 1. The minimum Gasteiger partial charge on any atom is -0.481 e. The van der Waals surface area contributed by atoms with Crippen molar-refractivity contribution in [2.24, 2.45) is 5.92 Å². The molecule has 0 aliphatic carbocycles. The third-order valence-electron chi connectivity index (χ3n) is 6.20. The first-order valence-corrected chi connectivity index (χ1v) is 13.8. The Morgan fingerprint density at radius 3 is 1.67 bits per heavy atom. The van der Waals surface area contributed by atoms with Gasteiger partial charge in [0.25, 0.3) is 0 Å². The maximum absolute atomic E-state index is 11.6. The van der Waals surface area contributed by atoms with Gasteiger partial charge in [-0.2, -0.15) is 0 Å². The molecule has 0 aromatic heterocycles. The van der Waals surface area contributed by atoms with Crippen LogP contribution in [0.3, 0.4) is 0 Å². The van der Waals surface area contributed by atoms with Crippen LogP contribution in [0.4, 0.5) is 0 Å². The van der Waals surface area contributed by atoms with Gasteiger partial charge in [0.2, 0.25) is 0 Å². The minimum atomic E-state index is -0.934. The number of hydrogen-bond acceptors (Lipinski definition) is 3. The van der Waals surface area contributed by atoms with Crippen molar-refractivity contribution in [3.05, 3.63) is 24.8 Å². The summed E-state index contributed by atoms with van der Waals surface area (Å²) in [5.41, 5.74) is 0. The number of unbranched alkanes of at least 4 members (excludes halogenated alkanes) is 16. The van der Waals surface area contributed by atoms with Gasteiger partial charge in [-0.05, 0) is 25.7 Å². The SMILES string of the molecule is C=CCOC(=O)CC(CC/C=C/CCCCCCCCCCCCCCCCCC)C(=O)O. The zero-order valence-electron chi connectivity index (χ0n) is 21.5. The van der Waals surface area contributed by atoms with Gasteiger partial charge in [-0.15, -0.1) is 0 Å². The highest BCUT2D eigenvalue weighted by molar-refractivity contribution is 5.78. The normalized spacial score (nSPS) is 12.2. The Morgan fingerprint density at radius 1 is 0.758 bits per heavy atom. The van der Waals surface area contributed by atoms with E-state index >= 15 is 0 Å². The molecule has 0 aliphatic rings. The van der Waals surface area contributed by atoms with Gasteiger partial charge in [-0.25, -0.2) is 0 Å². The lowest BCUT2D eigenvalue weighted by Crippen LogP contribution is -2.19. The second-order valence-electron chi connectivity index (χ2n) is 9.35. The summed E-state index contributed by atoms with van der Waals surface area (Å²) in [6.07, 6.45) is 29.9. The highest BCUT2D eigenvalue weighted by Gasteiger charge is 2.21. The second kappa shape index (κ2) is 25.1. The summed E-state index contributed by atoms with van der Waals surface area (Å²) in [6, 6.07) is 0. The first kappa shape index (κ1) is 31.4. The largest absolute Gasteiger partial charge is 0.481 e. The predicted molar refractivity (Wildman–Crippen MR) is 139 cm³/mol. The molecule has 0 bridgehead atoms. The number of ether oxygens (including phenoxy) is 1. The number of carboxylic acids is 1. The number of carbonyl (C=O) groups is 2. The van der Waals surface area contributed by atoms with Crippen molar-refractivity contribution in [1.82, 2.24) is 0 Å². The van der Waals surface area contributed by atoms with Crippen LogP contribution in [0.15, 0.2) is 24.8 Å². The summed E-state index contributed by atoms with van der Waals surface area (Å²) in [6.45, 7) is 5.88. The van der Waals surface area contributed by atoms with Crippen LogP contribution in [0.2, 0.25) is 0 Å². The number of hydrogen-bond donors (Lipinski definition) is 1. The van der Waals surface area contributed by atoms with Gasteiger partial charge in [-0.3, -0.25) is 9.59 Å². The van der Waals surface area contributed by atoms with E-state index in [1.165, 1.54) is 109 Å². The highest BCUT2D eigenvalue weighted by atomic mass is 16.5. The predicted octanol–water partition coefficient (Wildman–Crippen LogP) is 8.79. The maximum atomic E-state index is 11.6. The first-order valence-electron chi connectivity index (χ1n) is 13.8. The average molecular weight is 465 g/mol. The lowest BCUT2D eigenvalue weighted by Gasteiger charge is -2.10. The molecule has 33 heavy (non-hydrogen) atoms. The van der Waals surface area contributed by atoms with Crippen molar-refractivity contribution in [1.29, 1.82) is 0 Å². The lowest BCUT2D eigenvalue weighted by molar-refractivity contribution is -0.151. The Hall–Kier alpha value is -1.58. The van der Waals surface area contributed by atoms with Crippen LogP contribution < -0.4 is 0 Å². The maximum Gasteiger partial charge on any atom is 0.307 e. The van der Waals surface area contributed by atoms with Gasteiger partial charge >= 0.3 is 11.9 Å². The van der Waals surface area contributed by atoms with Crippen molar-refractivity contribution in [2.75, 3.05) is 6.61 Å². The summed E-state index contributed by atoms with van der Waals surface area (Å²) in [4.78, 5) is 22.9. The fraction of sp³-hybridized carbons (Fsp3) is 0.793. The molecule has 0 fully saturated rings. The summed E-state index contributed by atoms with van der Waals surface area (Å²) in [5.74, 6) is -2.08. The fourth-order valence-electron chi connectivity index (χ4n) is 4.07. The zero-order valence-corrected chi connectivity index (χ0v) is 21.5. The van der Waals surface area contributed by atoms with E-state index in [4.69, 9.17) is 4.74 Å². The van der Waals surface area contributed by atoms with E-state index in [1.807, 2.05) is 0 Å². The molecule has 0 aromatic rings. The standard InChI is InChI=1S/C29H52O4/c1-3-5-6-7-8-9-10-11-12-13-14-15-16-17-18-19-20-21-22-23-24-27(29(31)32)26-28(30)33-25-4-2/h4,21-22,27H,2-3,5-20,23-26H2,1H3,(H,31,32)/b22-21+. The molecule has 0 saturated carbocycles. The van der Waals surface area contributed by atoms with Gasteiger partial charge in [-0.1, -0.05) is 128 Å². The summed E-state index contributed by atoms with van der Waals surface area (Å²) < 4.78 is 4.88. The van der Waals surface area contributed by atoms with Crippen molar-refractivity contribution in [3.8, 4) is 0 Å². The van der Waals surface area contributed by atoms with E-state index in [9.17, 15) is 14.7 Å². The van der Waals surface area contributed by atoms with E-state index in [2.05, 4.69) is 25.7 Å². The molecule has 1 N–H and O–H groups in total. The van der Waals surface area contributed by atoms with Gasteiger partial charge in [0.05, 0.1) is 12.3 Å². The van der Waals surface area contributed by atoms with Gasteiger partial charge < -0.3 is 9.84 Å². The summed E-state index contributed by atoms with van der Waals surface area (Å²) >= 11 is 0. The molecule has 192 valence electrons. The summed E-state index contributed by atoms with van der Waals surface area (Å²) in [7, 11) is 0. The zero-order chi connectivity index (χ0) is 24.4. The Morgan fingerprint density at radius 2 is 1.21 bits per heavy atom. The monoisotopic (exact) mass is 464 g/mol. The first-order chi connectivity index (χ1) is 16.1. The summed E-state index contributed by atoms with van der Waals surface area (Å²) in [5, 5.41) is 9.25. The molecular formula is C29H52O4. The number of esters is 1. The van der Waals surface area contributed by atoms with E-state index in [0.717, 1.165) is 6.42 Å². The molecule has 0 rings (SSSR count). The van der Waals surface area contributed by atoms with Crippen LogP contribution in [0.25, 0.3) is 0 Å². The molecule has 0 aliphatic heterocycles. The van der Waals surface area contributed by atoms with Crippen molar-refractivity contribution in [2.45, 2.75) is 135 Å². The van der Waals surface area contributed by atoms with Crippen LogP contribution in [0, 0.1) is 5.92 Å². The topological polar surface area (TPSA) is 63.6 Å². The number of allylic oxidation sites excluding steroid dienone is 2. The Bertz CT molecular complexity index is 498. The molecule has 0 spiro atoms. The van der Waals surface area contributed by atoms with E-state index < -0.39 is 17.9 Å². The molecular weight excluding hydrogens is 412 g/mol. The van der Waals surface area contributed by atoms with Crippen molar-refractivity contribution < 1.29 is 19.4 Å². The van der Waals surface area contributed by atoms with Gasteiger partial charge in [0.15, 0.2) is 0 Å². The fourth-order valence-corrected chi connectivity index (χ4v) is 4.07. The molecule has 0 saturated heterocycles. The van der Waals surface area contributed by atoms with Crippen molar-refractivity contribution >= 4 is 11.9 Å². The highest BCUT2D eigenvalue weighted by Crippen LogP contribution is 2.15. The number of carboxylic acid groups (broad SMARTS) is 1. The van der Waals surface area contributed by atoms with E-state index in [1.54, 1.807) is 0 Å². The average Bonchev–Trinajstić information content (AvgIpc) is 2.80. The number of carbonyl (C=O) groups excluding carboxylic acids is 1. The van der Waals surface area contributed by atoms with E-state index in [0.29, 0.717) is 12.8 Å². The molecule has 0 radical (unpaired) electrons. The van der Waals surface area contributed by atoms with Crippen LogP contribution in [0.5, 0.6) is 0 Å². The third-order valence-corrected chi connectivity index (χ3v) is 6.20. The smallest absolute Gasteiger partial charge is 0.307 e. The quantitative estimate of drug-likeness (QED) is 0.0832. The van der Waals surface area contributed by atoms with Gasteiger partial charge in [0.1, 0.15) is 6.61 Å². The van der Waals surface area contributed by atoms with E-state index in [-0.39, 0.29) is 13.0 Å². The molecule has 0 amide bonds. The second-order valence-corrected chi connectivity index (χ2v) is 9.35. The third kappa shape index (κ3) is 23.4. The van der Waals surface area contributed by atoms with Crippen LogP contribution in [-0.4, -0.2) is 23.7 Å². The van der Waals surface area contributed by atoms with Crippen LogP contribution in [0.1, 0.15) is 135 Å². The lowest BCUT2D eigenvalue weighted by atomic mass is 9.99. The Kier molecular flexibility index (Phi) is 23.9. The molecule has 4 nitrogen and oxygen atoms in total. The molecule has 1 unspecified atom stereocenters.